The zero-order chi connectivity index (χ0) is 10.1. The largest absolute Gasteiger partial charge is 0.382 e. The standard InChI is InChI=1S/C8H7BrN4O/c9-6-1-4(2-8(14)11-6)5-3-7(10)13-12-5/h1-3H,(H,11,14)(H3,10,12,13). The molecule has 0 saturated carbocycles. The van der Waals surface area contributed by atoms with Crippen molar-refractivity contribution in [3.8, 4) is 11.3 Å². The molecule has 0 bridgehead atoms. The van der Waals surface area contributed by atoms with Gasteiger partial charge in [-0.25, -0.2) is 0 Å². The zero-order valence-corrected chi connectivity index (χ0v) is 8.63. The lowest BCUT2D eigenvalue weighted by atomic mass is 10.2. The fourth-order valence-electron chi connectivity index (χ4n) is 1.15. The van der Waals surface area contributed by atoms with E-state index in [4.69, 9.17) is 5.73 Å². The molecule has 14 heavy (non-hydrogen) atoms. The van der Waals surface area contributed by atoms with Crippen LogP contribution < -0.4 is 11.3 Å². The average molecular weight is 255 g/mol. The normalized spacial score (nSPS) is 10.4. The summed E-state index contributed by atoms with van der Waals surface area (Å²) in [7, 11) is 0. The zero-order valence-electron chi connectivity index (χ0n) is 7.04. The van der Waals surface area contributed by atoms with E-state index in [2.05, 4.69) is 31.1 Å². The highest BCUT2D eigenvalue weighted by Gasteiger charge is 2.03. The molecule has 4 N–H and O–H groups in total. The second kappa shape index (κ2) is 3.30. The van der Waals surface area contributed by atoms with Crippen LogP contribution >= 0.6 is 15.9 Å². The monoisotopic (exact) mass is 254 g/mol. The van der Waals surface area contributed by atoms with Gasteiger partial charge in [-0.05, 0) is 22.0 Å². The fraction of sp³-hybridized carbons (Fsp3) is 0. The molecule has 2 aromatic rings. The van der Waals surface area contributed by atoms with E-state index in [0.29, 0.717) is 16.1 Å². The van der Waals surface area contributed by atoms with Crippen molar-refractivity contribution >= 4 is 21.7 Å². The number of hydrogen-bond acceptors (Lipinski definition) is 3. The topological polar surface area (TPSA) is 87.6 Å². The lowest BCUT2D eigenvalue weighted by Crippen LogP contribution is -2.03. The molecule has 0 amide bonds. The Hall–Kier alpha value is -1.56. The van der Waals surface area contributed by atoms with Gasteiger partial charge in [0.1, 0.15) is 5.82 Å². The second-order valence-electron chi connectivity index (χ2n) is 2.79. The number of anilines is 1. The molecule has 2 aromatic heterocycles. The molecule has 6 heteroatoms. The van der Waals surface area contributed by atoms with Crippen molar-refractivity contribution in [2.45, 2.75) is 0 Å². The van der Waals surface area contributed by atoms with Crippen LogP contribution in [-0.4, -0.2) is 15.2 Å². The molecular formula is C8H7BrN4O. The number of halogens is 1. The summed E-state index contributed by atoms with van der Waals surface area (Å²) < 4.78 is 0.619. The Kier molecular flexibility index (Phi) is 2.12. The maximum atomic E-state index is 11.1. The van der Waals surface area contributed by atoms with E-state index in [1.165, 1.54) is 6.07 Å². The van der Waals surface area contributed by atoms with Crippen molar-refractivity contribution in [2.75, 3.05) is 5.73 Å². The van der Waals surface area contributed by atoms with Gasteiger partial charge in [0, 0.05) is 17.7 Å². The predicted molar refractivity (Wildman–Crippen MR) is 56.8 cm³/mol. The average Bonchev–Trinajstić information content (AvgIpc) is 2.50. The summed E-state index contributed by atoms with van der Waals surface area (Å²) in [5.41, 5.74) is 6.73. The van der Waals surface area contributed by atoms with Crippen LogP contribution in [-0.2, 0) is 0 Å². The van der Waals surface area contributed by atoms with Gasteiger partial charge in [0.15, 0.2) is 0 Å². The van der Waals surface area contributed by atoms with Gasteiger partial charge in [-0.1, -0.05) is 0 Å². The molecule has 5 nitrogen and oxygen atoms in total. The third kappa shape index (κ3) is 1.69. The summed E-state index contributed by atoms with van der Waals surface area (Å²) in [5, 5.41) is 6.51. The van der Waals surface area contributed by atoms with Gasteiger partial charge < -0.3 is 10.7 Å². The predicted octanol–water partition coefficient (Wildman–Crippen LogP) is 1.11. The van der Waals surface area contributed by atoms with Crippen LogP contribution in [0.1, 0.15) is 0 Å². The number of nitrogens with one attached hydrogen (secondary N) is 2. The molecule has 2 rings (SSSR count). The Balaban J connectivity index is 2.56. The van der Waals surface area contributed by atoms with E-state index in [1.54, 1.807) is 12.1 Å². The molecule has 0 aliphatic heterocycles. The molecular weight excluding hydrogens is 248 g/mol. The number of nitrogen functional groups attached to an aromatic ring is 1. The summed E-state index contributed by atoms with van der Waals surface area (Å²) in [6.07, 6.45) is 0. The number of hydrogen-bond donors (Lipinski definition) is 3. The van der Waals surface area contributed by atoms with E-state index >= 15 is 0 Å². The van der Waals surface area contributed by atoms with Crippen molar-refractivity contribution < 1.29 is 0 Å². The third-order valence-electron chi connectivity index (χ3n) is 1.72. The third-order valence-corrected chi connectivity index (χ3v) is 2.15. The van der Waals surface area contributed by atoms with Crippen LogP contribution in [0.5, 0.6) is 0 Å². The summed E-state index contributed by atoms with van der Waals surface area (Å²) in [4.78, 5) is 13.7. The minimum absolute atomic E-state index is 0.178. The molecule has 0 aliphatic carbocycles. The van der Waals surface area contributed by atoms with Gasteiger partial charge in [0.2, 0.25) is 5.56 Å². The Bertz CT molecular complexity index is 516. The number of aromatic nitrogens is 3. The van der Waals surface area contributed by atoms with Crippen LogP contribution in [0.4, 0.5) is 5.82 Å². The molecule has 0 aliphatic rings. The summed E-state index contributed by atoms with van der Waals surface area (Å²) in [6, 6.07) is 4.91. The summed E-state index contributed by atoms with van der Waals surface area (Å²) in [6.45, 7) is 0. The number of H-pyrrole nitrogens is 2. The highest BCUT2D eigenvalue weighted by Crippen LogP contribution is 2.18. The molecule has 2 heterocycles. The van der Waals surface area contributed by atoms with E-state index < -0.39 is 0 Å². The van der Waals surface area contributed by atoms with Crippen molar-refractivity contribution in [2.24, 2.45) is 0 Å². The van der Waals surface area contributed by atoms with E-state index in [9.17, 15) is 4.79 Å². The molecule has 72 valence electrons. The molecule has 0 radical (unpaired) electrons. The first-order valence-electron chi connectivity index (χ1n) is 3.86. The van der Waals surface area contributed by atoms with Crippen molar-refractivity contribution in [3.05, 3.63) is 33.2 Å². The Morgan fingerprint density at radius 3 is 2.71 bits per heavy atom. The van der Waals surface area contributed by atoms with Gasteiger partial charge in [0.25, 0.3) is 0 Å². The quantitative estimate of drug-likeness (QED) is 0.667. The first kappa shape index (κ1) is 9.01. The molecule has 0 spiro atoms. The summed E-state index contributed by atoms with van der Waals surface area (Å²) in [5.74, 6) is 0.399. The molecule has 0 atom stereocenters. The SMILES string of the molecule is Nc1cc(-c2cc(Br)[nH]c(=O)c2)[nH]n1. The second-order valence-corrected chi connectivity index (χ2v) is 3.64. The molecule has 0 aromatic carbocycles. The van der Waals surface area contributed by atoms with Gasteiger partial charge >= 0.3 is 0 Å². The summed E-state index contributed by atoms with van der Waals surface area (Å²) >= 11 is 3.20. The van der Waals surface area contributed by atoms with Crippen molar-refractivity contribution in [3.63, 3.8) is 0 Å². The number of nitrogens with zero attached hydrogens (tertiary/aromatic N) is 1. The minimum Gasteiger partial charge on any atom is -0.382 e. The first-order chi connectivity index (χ1) is 6.65. The lowest BCUT2D eigenvalue weighted by Gasteiger charge is -1.96. The fourth-order valence-corrected chi connectivity index (χ4v) is 1.59. The van der Waals surface area contributed by atoms with Gasteiger partial charge in [0.05, 0.1) is 10.3 Å². The van der Waals surface area contributed by atoms with E-state index in [1.807, 2.05) is 0 Å². The van der Waals surface area contributed by atoms with Crippen LogP contribution in [0.25, 0.3) is 11.3 Å². The van der Waals surface area contributed by atoms with E-state index in [0.717, 1.165) is 5.56 Å². The maximum absolute atomic E-state index is 11.1. The Morgan fingerprint density at radius 1 is 1.36 bits per heavy atom. The molecule has 0 unspecified atom stereocenters. The minimum atomic E-state index is -0.178. The number of nitrogens with two attached hydrogens (primary N) is 1. The van der Waals surface area contributed by atoms with Crippen LogP contribution in [0.2, 0.25) is 0 Å². The first-order valence-corrected chi connectivity index (χ1v) is 4.65. The van der Waals surface area contributed by atoms with Crippen molar-refractivity contribution in [1.29, 1.82) is 0 Å². The Labute approximate surface area is 87.5 Å². The van der Waals surface area contributed by atoms with Gasteiger partial charge in [-0.15, -0.1) is 0 Å². The van der Waals surface area contributed by atoms with E-state index in [-0.39, 0.29) is 5.56 Å². The molecule has 0 fully saturated rings. The van der Waals surface area contributed by atoms with Crippen LogP contribution in [0, 0.1) is 0 Å². The smallest absolute Gasteiger partial charge is 0.249 e. The lowest BCUT2D eigenvalue weighted by molar-refractivity contribution is 1.10. The van der Waals surface area contributed by atoms with Crippen molar-refractivity contribution in [1.82, 2.24) is 15.2 Å². The number of rotatable bonds is 1. The molecule has 0 saturated heterocycles. The highest BCUT2D eigenvalue weighted by atomic mass is 79.9. The maximum Gasteiger partial charge on any atom is 0.249 e. The highest BCUT2D eigenvalue weighted by molar-refractivity contribution is 9.10. The van der Waals surface area contributed by atoms with Crippen LogP contribution in [0.3, 0.4) is 0 Å². The number of aromatic amines is 2. The Morgan fingerprint density at radius 2 is 2.14 bits per heavy atom. The van der Waals surface area contributed by atoms with Gasteiger partial charge in [-0.3, -0.25) is 9.89 Å². The number of pyridine rings is 1. The van der Waals surface area contributed by atoms with Crippen LogP contribution in [0.15, 0.2) is 27.6 Å². The van der Waals surface area contributed by atoms with Gasteiger partial charge in [-0.2, -0.15) is 5.10 Å².